The number of carbonyl (C=O) groups excluding carboxylic acids is 1. The molecule has 0 heterocycles. The van der Waals surface area contributed by atoms with E-state index in [1.54, 1.807) is 0 Å². The maximum Gasteiger partial charge on any atom is 0.234 e. The van der Waals surface area contributed by atoms with Crippen LogP contribution < -0.4 is 10.6 Å². The zero-order chi connectivity index (χ0) is 12.0. The quantitative estimate of drug-likeness (QED) is 0.652. The molecule has 4 heteroatoms. The molecule has 0 aromatic rings. The van der Waals surface area contributed by atoms with Gasteiger partial charge in [0.05, 0.1) is 12.1 Å². The summed E-state index contributed by atoms with van der Waals surface area (Å²) in [5.41, 5.74) is -0.661. The van der Waals surface area contributed by atoms with E-state index >= 15 is 0 Å². The second kappa shape index (κ2) is 6.21. The van der Waals surface area contributed by atoms with Crippen LogP contribution in [0.1, 0.15) is 46.0 Å². The third-order valence-electron chi connectivity index (χ3n) is 3.07. The van der Waals surface area contributed by atoms with E-state index in [0.717, 1.165) is 25.7 Å². The molecule has 0 spiro atoms. The highest BCUT2D eigenvalue weighted by atomic mass is 16.3. The van der Waals surface area contributed by atoms with Gasteiger partial charge < -0.3 is 15.7 Å². The molecule has 94 valence electrons. The molecule has 1 saturated carbocycles. The van der Waals surface area contributed by atoms with Gasteiger partial charge in [0, 0.05) is 12.6 Å². The molecular formula is C12H24N2O2. The highest BCUT2D eigenvalue weighted by molar-refractivity contribution is 5.78. The predicted molar refractivity (Wildman–Crippen MR) is 64.2 cm³/mol. The van der Waals surface area contributed by atoms with Crippen LogP contribution in [-0.2, 0) is 4.79 Å². The summed E-state index contributed by atoms with van der Waals surface area (Å²) in [5.74, 6) is -0.0345. The molecule has 16 heavy (non-hydrogen) atoms. The number of rotatable bonds is 5. The zero-order valence-corrected chi connectivity index (χ0v) is 10.4. The topological polar surface area (TPSA) is 61.4 Å². The Bertz CT molecular complexity index is 223. The molecule has 0 saturated heterocycles. The van der Waals surface area contributed by atoms with E-state index < -0.39 is 5.60 Å². The van der Waals surface area contributed by atoms with E-state index in [-0.39, 0.29) is 5.91 Å². The molecule has 1 rings (SSSR count). The van der Waals surface area contributed by atoms with Crippen molar-refractivity contribution in [2.75, 3.05) is 13.1 Å². The van der Waals surface area contributed by atoms with E-state index in [0.29, 0.717) is 19.1 Å². The van der Waals surface area contributed by atoms with Gasteiger partial charge in [-0.2, -0.15) is 0 Å². The Labute approximate surface area is 97.8 Å². The van der Waals surface area contributed by atoms with Crippen LogP contribution in [0.15, 0.2) is 0 Å². The lowest BCUT2D eigenvalue weighted by molar-refractivity contribution is -0.122. The smallest absolute Gasteiger partial charge is 0.234 e. The SMILES string of the molecule is CC(C)NCC(=O)NCC1(O)CCCCC1. The van der Waals surface area contributed by atoms with Crippen molar-refractivity contribution in [1.82, 2.24) is 10.6 Å². The first kappa shape index (κ1) is 13.5. The number of amides is 1. The molecule has 0 aliphatic heterocycles. The van der Waals surface area contributed by atoms with Crippen LogP contribution in [0.3, 0.4) is 0 Å². The molecule has 1 amide bonds. The number of hydrogen-bond donors (Lipinski definition) is 3. The Balaban J connectivity index is 2.19. The Morgan fingerprint density at radius 2 is 1.94 bits per heavy atom. The van der Waals surface area contributed by atoms with Gasteiger partial charge >= 0.3 is 0 Å². The molecule has 0 bridgehead atoms. The van der Waals surface area contributed by atoms with Gasteiger partial charge in [-0.25, -0.2) is 0 Å². The normalized spacial score (nSPS) is 19.8. The van der Waals surface area contributed by atoms with Gasteiger partial charge in [-0.3, -0.25) is 4.79 Å². The summed E-state index contributed by atoms with van der Waals surface area (Å²) in [6.45, 7) is 4.73. The molecule has 1 fully saturated rings. The van der Waals surface area contributed by atoms with Crippen LogP contribution in [0.25, 0.3) is 0 Å². The standard InChI is InChI=1S/C12H24N2O2/c1-10(2)13-8-11(15)14-9-12(16)6-4-3-5-7-12/h10,13,16H,3-9H2,1-2H3,(H,14,15). The first-order valence-electron chi connectivity index (χ1n) is 6.24. The summed E-state index contributed by atoms with van der Waals surface area (Å²) in [5, 5.41) is 16.0. The monoisotopic (exact) mass is 228 g/mol. The van der Waals surface area contributed by atoms with Crippen LogP contribution in [-0.4, -0.2) is 35.7 Å². The Kier molecular flexibility index (Phi) is 5.22. The second-order valence-electron chi connectivity index (χ2n) is 5.10. The van der Waals surface area contributed by atoms with Crippen molar-refractivity contribution in [3.05, 3.63) is 0 Å². The van der Waals surface area contributed by atoms with Gasteiger partial charge in [-0.15, -0.1) is 0 Å². The lowest BCUT2D eigenvalue weighted by atomic mass is 9.85. The van der Waals surface area contributed by atoms with Gasteiger partial charge in [0.1, 0.15) is 0 Å². The second-order valence-corrected chi connectivity index (χ2v) is 5.10. The van der Waals surface area contributed by atoms with Gasteiger partial charge in [-0.05, 0) is 12.8 Å². The number of nitrogens with one attached hydrogen (secondary N) is 2. The van der Waals surface area contributed by atoms with Crippen molar-refractivity contribution in [2.45, 2.75) is 57.6 Å². The summed E-state index contributed by atoms with van der Waals surface area (Å²) in [6, 6.07) is 0.309. The van der Waals surface area contributed by atoms with Crippen molar-refractivity contribution >= 4 is 5.91 Å². The Hall–Kier alpha value is -0.610. The molecule has 0 atom stereocenters. The average molecular weight is 228 g/mol. The van der Waals surface area contributed by atoms with Gasteiger partial charge in [0.15, 0.2) is 0 Å². The molecule has 3 N–H and O–H groups in total. The van der Waals surface area contributed by atoms with Crippen LogP contribution >= 0.6 is 0 Å². The van der Waals surface area contributed by atoms with Crippen molar-refractivity contribution in [1.29, 1.82) is 0 Å². The molecule has 1 aliphatic carbocycles. The third-order valence-corrected chi connectivity index (χ3v) is 3.07. The highest BCUT2D eigenvalue weighted by Gasteiger charge is 2.29. The average Bonchev–Trinajstić information content (AvgIpc) is 2.25. The fraction of sp³-hybridized carbons (Fsp3) is 0.917. The molecule has 1 aliphatic rings. The highest BCUT2D eigenvalue weighted by Crippen LogP contribution is 2.27. The number of carbonyl (C=O) groups is 1. The largest absolute Gasteiger partial charge is 0.388 e. The third kappa shape index (κ3) is 4.94. The summed E-state index contributed by atoms with van der Waals surface area (Å²) in [7, 11) is 0. The predicted octanol–water partition coefficient (Wildman–Crippen LogP) is 0.796. The first-order valence-corrected chi connectivity index (χ1v) is 6.24. The van der Waals surface area contributed by atoms with E-state index in [9.17, 15) is 9.90 Å². The number of aliphatic hydroxyl groups is 1. The summed E-state index contributed by atoms with van der Waals surface area (Å²) < 4.78 is 0. The summed E-state index contributed by atoms with van der Waals surface area (Å²) in [4.78, 5) is 11.4. The molecule has 0 aromatic carbocycles. The number of hydrogen-bond acceptors (Lipinski definition) is 3. The van der Waals surface area contributed by atoms with Gasteiger partial charge in [0.2, 0.25) is 5.91 Å². The van der Waals surface area contributed by atoms with Crippen LogP contribution in [0, 0.1) is 0 Å². The van der Waals surface area contributed by atoms with Crippen LogP contribution in [0.4, 0.5) is 0 Å². The minimum atomic E-state index is -0.661. The lowest BCUT2D eigenvalue weighted by Gasteiger charge is -2.32. The van der Waals surface area contributed by atoms with E-state index in [1.165, 1.54) is 6.42 Å². The van der Waals surface area contributed by atoms with Crippen molar-refractivity contribution in [3.63, 3.8) is 0 Å². The first-order chi connectivity index (χ1) is 7.52. The maximum atomic E-state index is 11.4. The van der Waals surface area contributed by atoms with E-state index in [1.807, 2.05) is 13.8 Å². The molecule has 0 unspecified atom stereocenters. The summed E-state index contributed by atoms with van der Waals surface area (Å²) in [6.07, 6.45) is 4.95. The van der Waals surface area contributed by atoms with E-state index in [4.69, 9.17) is 0 Å². The zero-order valence-electron chi connectivity index (χ0n) is 10.4. The molecule has 0 radical (unpaired) electrons. The lowest BCUT2D eigenvalue weighted by Crippen LogP contribution is -2.46. The molecular weight excluding hydrogens is 204 g/mol. The molecule has 0 aromatic heterocycles. The van der Waals surface area contributed by atoms with E-state index in [2.05, 4.69) is 10.6 Å². The van der Waals surface area contributed by atoms with Crippen LogP contribution in [0.5, 0.6) is 0 Å². The van der Waals surface area contributed by atoms with Crippen molar-refractivity contribution in [2.24, 2.45) is 0 Å². The fourth-order valence-electron chi connectivity index (χ4n) is 2.01. The maximum absolute atomic E-state index is 11.4. The molecule has 4 nitrogen and oxygen atoms in total. The minimum absolute atomic E-state index is 0.0345. The minimum Gasteiger partial charge on any atom is -0.388 e. The van der Waals surface area contributed by atoms with Crippen molar-refractivity contribution < 1.29 is 9.90 Å². The van der Waals surface area contributed by atoms with Crippen LogP contribution in [0.2, 0.25) is 0 Å². The van der Waals surface area contributed by atoms with Gasteiger partial charge in [-0.1, -0.05) is 33.1 Å². The Morgan fingerprint density at radius 1 is 1.31 bits per heavy atom. The summed E-state index contributed by atoms with van der Waals surface area (Å²) >= 11 is 0. The van der Waals surface area contributed by atoms with Gasteiger partial charge in [0.25, 0.3) is 0 Å². The Morgan fingerprint density at radius 3 is 2.50 bits per heavy atom. The van der Waals surface area contributed by atoms with Crippen molar-refractivity contribution in [3.8, 4) is 0 Å². The fourth-order valence-corrected chi connectivity index (χ4v) is 2.01.